The van der Waals surface area contributed by atoms with E-state index in [4.69, 9.17) is 0 Å². The van der Waals surface area contributed by atoms with Crippen LogP contribution in [0.15, 0.2) is 0 Å². The Hall–Kier alpha value is -0.0800. The Morgan fingerprint density at radius 3 is 2.67 bits per heavy atom. The van der Waals surface area contributed by atoms with Gasteiger partial charge in [-0.15, -0.1) is 0 Å². The van der Waals surface area contributed by atoms with Crippen LogP contribution in [0.1, 0.15) is 52.4 Å². The minimum Gasteiger partial charge on any atom is -0.311 e. The summed E-state index contributed by atoms with van der Waals surface area (Å²) < 4.78 is 0. The van der Waals surface area contributed by atoms with Crippen molar-refractivity contribution in [1.29, 1.82) is 0 Å². The smallest absolute Gasteiger partial charge is 0.0196 e. The van der Waals surface area contributed by atoms with Crippen LogP contribution in [0.4, 0.5) is 0 Å². The molecule has 2 rings (SSSR count). The number of hydrogen-bond donors (Lipinski definition) is 1. The summed E-state index contributed by atoms with van der Waals surface area (Å²) in [6.45, 7) is 7.16. The highest BCUT2D eigenvalue weighted by molar-refractivity contribution is 4.89. The van der Waals surface area contributed by atoms with Crippen LogP contribution in [0, 0.1) is 0 Å². The Balaban J connectivity index is 1.89. The molecule has 2 fully saturated rings. The second-order valence-electron chi connectivity index (χ2n) is 5.38. The van der Waals surface area contributed by atoms with E-state index in [1.54, 1.807) is 0 Å². The largest absolute Gasteiger partial charge is 0.311 e. The lowest BCUT2D eigenvalue weighted by Crippen LogP contribution is -2.57. The maximum atomic E-state index is 3.68. The Kier molecular flexibility index (Phi) is 4.04. The average molecular weight is 210 g/mol. The summed E-state index contributed by atoms with van der Waals surface area (Å²) in [5.41, 5.74) is 0. The first-order valence-corrected chi connectivity index (χ1v) is 6.80. The predicted molar refractivity (Wildman–Crippen MR) is 65.1 cm³/mol. The van der Waals surface area contributed by atoms with Gasteiger partial charge in [-0.1, -0.05) is 26.2 Å². The SMILES string of the molecule is CCCC1CN(C2CCCC2)C(C)CN1. The molecule has 1 N–H and O–H groups in total. The molecule has 2 unspecified atom stereocenters. The third kappa shape index (κ3) is 2.73. The van der Waals surface area contributed by atoms with E-state index in [0.717, 1.165) is 18.1 Å². The van der Waals surface area contributed by atoms with Crippen molar-refractivity contribution in [2.75, 3.05) is 13.1 Å². The molecule has 0 aromatic heterocycles. The molecule has 1 saturated heterocycles. The highest BCUT2D eigenvalue weighted by Crippen LogP contribution is 2.26. The monoisotopic (exact) mass is 210 g/mol. The molecule has 1 saturated carbocycles. The maximum Gasteiger partial charge on any atom is 0.0196 e. The molecule has 0 bridgehead atoms. The molecular formula is C13H26N2. The van der Waals surface area contributed by atoms with E-state index < -0.39 is 0 Å². The highest BCUT2D eigenvalue weighted by Gasteiger charge is 2.31. The normalized spacial score (nSPS) is 34.8. The molecule has 15 heavy (non-hydrogen) atoms. The molecule has 2 atom stereocenters. The van der Waals surface area contributed by atoms with E-state index in [1.165, 1.54) is 51.6 Å². The zero-order valence-electron chi connectivity index (χ0n) is 10.3. The summed E-state index contributed by atoms with van der Waals surface area (Å²) in [5.74, 6) is 0. The Bertz CT molecular complexity index is 187. The van der Waals surface area contributed by atoms with E-state index in [9.17, 15) is 0 Å². The zero-order valence-corrected chi connectivity index (χ0v) is 10.3. The predicted octanol–water partition coefficient (Wildman–Crippen LogP) is 2.39. The second kappa shape index (κ2) is 5.31. The molecule has 0 amide bonds. The second-order valence-corrected chi connectivity index (χ2v) is 5.38. The van der Waals surface area contributed by atoms with Crippen LogP contribution < -0.4 is 5.32 Å². The highest BCUT2D eigenvalue weighted by atomic mass is 15.3. The summed E-state index contributed by atoms with van der Waals surface area (Å²) in [6, 6.07) is 2.41. The van der Waals surface area contributed by atoms with Gasteiger partial charge < -0.3 is 5.32 Å². The topological polar surface area (TPSA) is 15.3 Å². The molecule has 1 aliphatic heterocycles. The molecule has 0 spiro atoms. The van der Waals surface area contributed by atoms with Gasteiger partial charge in [-0.05, 0) is 26.2 Å². The Morgan fingerprint density at radius 2 is 2.00 bits per heavy atom. The van der Waals surface area contributed by atoms with Crippen LogP contribution in [0.5, 0.6) is 0 Å². The zero-order chi connectivity index (χ0) is 10.7. The van der Waals surface area contributed by atoms with Crippen molar-refractivity contribution in [2.24, 2.45) is 0 Å². The molecule has 0 aromatic rings. The van der Waals surface area contributed by atoms with Crippen LogP contribution in [0.3, 0.4) is 0 Å². The summed E-state index contributed by atoms with van der Waals surface area (Å²) >= 11 is 0. The van der Waals surface area contributed by atoms with Gasteiger partial charge in [0, 0.05) is 31.2 Å². The van der Waals surface area contributed by atoms with Gasteiger partial charge in [-0.2, -0.15) is 0 Å². The van der Waals surface area contributed by atoms with Crippen molar-refractivity contribution in [2.45, 2.75) is 70.5 Å². The van der Waals surface area contributed by atoms with E-state index in [2.05, 4.69) is 24.1 Å². The summed E-state index contributed by atoms with van der Waals surface area (Å²) in [5, 5.41) is 3.68. The third-order valence-electron chi connectivity index (χ3n) is 4.13. The average Bonchev–Trinajstić information content (AvgIpc) is 2.74. The van der Waals surface area contributed by atoms with Crippen LogP contribution in [0.2, 0.25) is 0 Å². The van der Waals surface area contributed by atoms with E-state index in [-0.39, 0.29) is 0 Å². The van der Waals surface area contributed by atoms with E-state index >= 15 is 0 Å². The molecule has 1 aliphatic carbocycles. The van der Waals surface area contributed by atoms with Crippen molar-refractivity contribution in [3.05, 3.63) is 0 Å². The summed E-state index contributed by atoms with van der Waals surface area (Å²) in [6.07, 6.45) is 8.46. The van der Waals surface area contributed by atoms with Gasteiger partial charge in [-0.3, -0.25) is 4.90 Å². The van der Waals surface area contributed by atoms with Crippen LogP contribution in [0.25, 0.3) is 0 Å². The van der Waals surface area contributed by atoms with Gasteiger partial charge in [0.2, 0.25) is 0 Å². The van der Waals surface area contributed by atoms with Crippen molar-refractivity contribution in [3.8, 4) is 0 Å². The first-order chi connectivity index (χ1) is 7.31. The Morgan fingerprint density at radius 1 is 1.27 bits per heavy atom. The number of nitrogens with one attached hydrogen (secondary N) is 1. The number of hydrogen-bond acceptors (Lipinski definition) is 2. The van der Waals surface area contributed by atoms with Crippen LogP contribution in [-0.2, 0) is 0 Å². The maximum absolute atomic E-state index is 3.68. The lowest BCUT2D eigenvalue weighted by Gasteiger charge is -2.42. The molecule has 2 heteroatoms. The standard InChI is InChI=1S/C13H26N2/c1-3-6-12-10-15(11(2)9-14-12)13-7-4-5-8-13/h11-14H,3-10H2,1-2H3. The van der Waals surface area contributed by atoms with Gasteiger partial charge in [0.1, 0.15) is 0 Å². The van der Waals surface area contributed by atoms with Gasteiger partial charge in [0.25, 0.3) is 0 Å². The number of piperazine rings is 1. The lowest BCUT2D eigenvalue weighted by atomic mass is 10.0. The quantitative estimate of drug-likeness (QED) is 0.769. The fourth-order valence-corrected chi connectivity index (χ4v) is 3.24. The fraction of sp³-hybridized carbons (Fsp3) is 1.00. The molecule has 0 radical (unpaired) electrons. The van der Waals surface area contributed by atoms with Gasteiger partial charge in [0.15, 0.2) is 0 Å². The van der Waals surface area contributed by atoms with Gasteiger partial charge in [-0.25, -0.2) is 0 Å². The summed E-state index contributed by atoms with van der Waals surface area (Å²) in [7, 11) is 0. The lowest BCUT2D eigenvalue weighted by molar-refractivity contribution is 0.0905. The van der Waals surface area contributed by atoms with Crippen molar-refractivity contribution < 1.29 is 0 Å². The number of rotatable bonds is 3. The van der Waals surface area contributed by atoms with Crippen LogP contribution >= 0.6 is 0 Å². The van der Waals surface area contributed by atoms with Crippen molar-refractivity contribution in [3.63, 3.8) is 0 Å². The van der Waals surface area contributed by atoms with Crippen molar-refractivity contribution >= 4 is 0 Å². The molecule has 0 aromatic carbocycles. The van der Waals surface area contributed by atoms with Gasteiger partial charge in [0.05, 0.1) is 0 Å². The first-order valence-electron chi connectivity index (χ1n) is 6.80. The number of nitrogens with zero attached hydrogens (tertiary/aromatic N) is 1. The Labute approximate surface area is 94.4 Å². The summed E-state index contributed by atoms with van der Waals surface area (Å²) in [4.78, 5) is 2.78. The molecular weight excluding hydrogens is 184 g/mol. The van der Waals surface area contributed by atoms with Crippen molar-refractivity contribution in [1.82, 2.24) is 10.2 Å². The third-order valence-corrected chi connectivity index (χ3v) is 4.13. The van der Waals surface area contributed by atoms with Gasteiger partial charge >= 0.3 is 0 Å². The first kappa shape index (κ1) is 11.4. The van der Waals surface area contributed by atoms with E-state index in [0.29, 0.717) is 0 Å². The minimum atomic E-state index is 0.751. The minimum absolute atomic E-state index is 0.751. The van der Waals surface area contributed by atoms with E-state index in [1.807, 2.05) is 0 Å². The molecule has 88 valence electrons. The molecule has 2 aliphatic rings. The molecule has 2 nitrogen and oxygen atoms in total. The fourth-order valence-electron chi connectivity index (χ4n) is 3.24. The van der Waals surface area contributed by atoms with Crippen LogP contribution in [-0.4, -0.2) is 36.1 Å². The molecule has 1 heterocycles.